The van der Waals surface area contributed by atoms with Crippen molar-refractivity contribution in [2.24, 2.45) is 0 Å². The minimum absolute atomic E-state index is 0.00889. The van der Waals surface area contributed by atoms with Gasteiger partial charge in [-0.2, -0.15) is 5.10 Å². The lowest BCUT2D eigenvalue weighted by Crippen LogP contribution is -2.13. The van der Waals surface area contributed by atoms with Gasteiger partial charge in [0.15, 0.2) is 0 Å². The molecule has 1 aliphatic carbocycles. The predicted octanol–water partition coefficient (Wildman–Crippen LogP) is 3.55. The Morgan fingerprint density at radius 2 is 2.18 bits per heavy atom. The second-order valence-electron chi connectivity index (χ2n) is 6.80. The number of nitrogens with one attached hydrogen (secondary N) is 2. The monoisotopic (exact) mass is 383 g/mol. The fraction of sp³-hybridized carbons (Fsp3) is 0.278. The second-order valence-corrected chi connectivity index (χ2v) is 6.80. The first-order chi connectivity index (χ1) is 13.4. The molecule has 1 fully saturated rings. The molecule has 0 aliphatic heterocycles. The van der Waals surface area contributed by atoms with E-state index in [1.165, 1.54) is 18.2 Å². The first kappa shape index (κ1) is 17.8. The Morgan fingerprint density at radius 1 is 1.39 bits per heavy atom. The molecule has 0 radical (unpaired) electrons. The lowest BCUT2D eigenvalue weighted by Gasteiger charge is -2.15. The van der Waals surface area contributed by atoms with E-state index in [1.807, 2.05) is 6.07 Å². The summed E-state index contributed by atoms with van der Waals surface area (Å²) in [4.78, 5) is 19.4. The van der Waals surface area contributed by atoms with Crippen LogP contribution in [0.5, 0.6) is 0 Å². The number of rotatable bonds is 6. The highest BCUT2D eigenvalue weighted by Crippen LogP contribution is 2.42. The van der Waals surface area contributed by atoms with E-state index in [4.69, 9.17) is 5.73 Å². The first-order valence-electron chi connectivity index (χ1n) is 8.81. The number of nitro groups is 1. The van der Waals surface area contributed by atoms with E-state index in [0.29, 0.717) is 17.3 Å². The lowest BCUT2D eigenvalue weighted by atomic mass is 10.1. The number of aromatic amines is 1. The molecule has 1 saturated carbocycles. The molecule has 144 valence electrons. The fourth-order valence-corrected chi connectivity index (χ4v) is 3.04. The molecule has 10 heteroatoms. The summed E-state index contributed by atoms with van der Waals surface area (Å²) in [5.74, 6) is 0.103. The summed E-state index contributed by atoms with van der Waals surface area (Å²) in [6, 6.07) is 5.57. The third-order valence-electron chi connectivity index (χ3n) is 4.63. The van der Waals surface area contributed by atoms with Crippen LogP contribution in [0.1, 0.15) is 43.1 Å². The van der Waals surface area contributed by atoms with Gasteiger partial charge in [0.1, 0.15) is 11.6 Å². The number of halogens is 1. The highest BCUT2D eigenvalue weighted by molar-refractivity contribution is 5.81. The zero-order valence-corrected chi connectivity index (χ0v) is 15.0. The maximum absolute atomic E-state index is 13.1. The Bertz CT molecular complexity index is 1030. The Hall–Kier alpha value is -3.56. The van der Waals surface area contributed by atoms with Crippen molar-refractivity contribution in [3.63, 3.8) is 0 Å². The molecule has 0 spiro atoms. The number of nitrogen functional groups attached to an aromatic ring is 1. The number of H-pyrrole nitrogens is 1. The van der Waals surface area contributed by atoms with Gasteiger partial charge in [0.25, 0.3) is 0 Å². The first-order valence-corrected chi connectivity index (χ1v) is 8.81. The molecule has 28 heavy (non-hydrogen) atoms. The van der Waals surface area contributed by atoms with Gasteiger partial charge < -0.3 is 11.1 Å². The van der Waals surface area contributed by atoms with Crippen LogP contribution in [0.15, 0.2) is 30.5 Å². The molecule has 4 rings (SSSR count). The summed E-state index contributed by atoms with van der Waals surface area (Å²) >= 11 is 0. The number of nitrogens with zero attached hydrogens (tertiary/aromatic N) is 4. The van der Waals surface area contributed by atoms with Gasteiger partial charge in [0.05, 0.1) is 34.1 Å². The molecule has 3 heterocycles. The Labute approximate surface area is 159 Å². The van der Waals surface area contributed by atoms with Crippen molar-refractivity contribution in [2.75, 3.05) is 11.1 Å². The van der Waals surface area contributed by atoms with Crippen molar-refractivity contribution in [3.8, 4) is 11.3 Å². The van der Waals surface area contributed by atoms with Gasteiger partial charge in [0, 0.05) is 11.6 Å². The molecule has 3 aromatic rings. The molecule has 0 unspecified atom stereocenters. The van der Waals surface area contributed by atoms with Gasteiger partial charge in [-0.3, -0.25) is 20.2 Å². The highest BCUT2D eigenvalue weighted by Gasteiger charge is 2.29. The van der Waals surface area contributed by atoms with Gasteiger partial charge >= 0.3 is 5.69 Å². The van der Waals surface area contributed by atoms with Crippen molar-refractivity contribution in [1.82, 2.24) is 20.2 Å². The largest absolute Gasteiger partial charge is 0.384 e. The van der Waals surface area contributed by atoms with Crippen LogP contribution >= 0.6 is 0 Å². The molecule has 9 nitrogen and oxygen atoms in total. The molecule has 1 aliphatic rings. The number of pyridine rings is 2. The summed E-state index contributed by atoms with van der Waals surface area (Å²) in [5.41, 5.74) is 7.87. The third kappa shape index (κ3) is 3.48. The summed E-state index contributed by atoms with van der Waals surface area (Å²) in [6.07, 6.45) is 3.25. The maximum atomic E-state index is 13.1. The van der Waals surface area contributed by atoms with Crippen molar-refractivity contribution in [2.45, 2.75) is 31.7 Å². The van der Waals surface area contributed by atoms with E-state index < -0.39 is 16.8 Å². The van der Waals surface area contributed by atoms with E-state index >= 15 is 0 Å². The fourth-order valence-electron chi connectivity index (χ4n) is 3.04. The average molecular weight is 383 g/mol. The SMILES string of the molecule is C[C@H](Nc1nc(N)cc(-c2cc(C3CC3)[nH]n2)c1[N+](=O)[O-])c1ccc(F)cn1. The van der Waals surface area contributed by atoms with Crippen LogP contribution in [0.25, 0.3) is 11.3 Å². The van der Waals surface area contributed by atoms with Gasteiger partial charge in [-0.1, -0.05) is 0 Å². The average Bonchev–Trinajstić information content (AvgIpc) is 3.38. The number of aromatic nitrogens is 4. The van der Waals surface area contributed by atoms with Crippen molar-refractivity contribution in [1.29, 1.82) is 0 Å². The summed E-state index contributed by atoms with van der Waals surface area (Å²) < 4.78 is 13.1. The molecule has 0 saturated heterocycles. The summed E-state index contributed by atoms with van der Waals surface area (Å²) in [5, 5.41) is 22.0. The standard InChI is InChI=1S/C18H18FN7O2/c1-9(13-5-4-11(19)8-21-13)22-18-17(26(27)28)12(6-16(20)23-18)15-7-14(24-25-15)10-2-3-10/h4-10H,2-3H2,1H3,(H,24,25)(H3,20,22,23)/t9-/m0/s1. The lowest BCUT2D eigenvalue weighted by molar-refractivity contribution is -0.383. The topological polar surface area (TPSA) is 136 Å². The van der Waals surface area contributed by atoms with E-state index in [0.717, 1.165) is 24.7 Å². The van der Waals surface area contributed by atoms with Gasteiger partial charge in [0.2, 0.25) is 5.82 Å². The van der Waals surface area contributed by atoms with Gasteiger partial charge in [-0.05, 0) is 44.0 Å². The number of hydrogen-bond donors (Lipinski definition) is 3. The Balaban J connectivity index is 1.72. The Kier molecular flexibility index (Phi) is 4.38. The highest BCUT2D eigenvalue weighted by atomic mass is 19.1. The smallest absolute Gasteiger partial charge is 0.320 e. The molecule has 0 aromatic carbocycles. The van der Waals surface area contributed by atoms with E-state index in [2.05, 4.69) is 25.5 Å². The molecule has 4 N–H and O–H groups in total. The number of nitrogens with two attached hydrogens (primary N) is 1. The van der Waals surface area contributed by atoms with Crippen LogP contribution in [0, 0.1) is 15.9 Å². The molecular weight excluding hydrogens is 365 g/mol. The maximum Gasteiger partial charge on any atom is 0.320 e. The quantitative estimate of drug-likeness (QED) is 0.437. The van der Waals surface area contributed by atoms with Crippen molar-refractivity contribution >= 4 is 17.3 Å². The van der Waals surface area contributed by atoms with Gasteiger partial charge in [-0.25, -0.2) is 9.37 Å². The van der Waals surface area contributed by atoms with Crippen molar-refractivity contribution in [3.05, 3.63) is 57.8 Å². The molecule has 1 atom stereocenters. The number of hydrogen-bond acceptors (Lipinski definition) is 7. The van der Waals surface area contributed by atoms with Gasteiger partial charge in [-0.15, -0.1) is 0 Å². The molecule has 0 bridgehead atoms. The zero-order chi connectivity index (χ0) is 19.8. The molecule has 3 aromatic heterocycles. The normalized spacial score (nSPS) is 14.6. The van der Waals surface area contributed by atoms with Crippen LogP contribution in [0.3, 0.4) is 0 Å². The second kappa shape index (κ2) is 6.87. The third-order valence-corrected chi connectivity index (χ3v) is 4.63. The summed E-state index contributed by atoms with van der Waals surface area (Å²) in [6.45, 7) is 1.74. The van der Waals surface area contributed by atoms with E-state index in [1.54, 1.807) is 6.92 Å². The zero-order valence-electron chi connectivity index (χ0n) is 15.0. The minimum atomic E-state index is -0.513. The van der Waals surface area contributed by atoms with Crippen LogP contribution in [-0.2, 0) is 0 Å². The minimum Gasteiger partial charge on any atom is -0.384 e. The van der Waals surface area contributed by atoms with E-state index in [9.17, 15) is 14.5 Å². The van der Waals surface area contributed by atoms with Crippen LogP contribution in [0.2, 0.25) is 0 Å². The summed E-state index contributed by atoms with van der Waals surface area (Å²) in [7, 11) is 0. The predicted molar refractivity (Wildman–Crippen MR) is 101 cm³/mol. The van der Waals surface area contributed by atoms with Crippen LogP contribution < -0.4 is 11.1 Å². The molecular formula is C18H18FN7O2. The van der Waals surface area contributed by atoms with Crippen LogP contribution in [0.4, 0.5) is 21.7 Å². The van der Waals surface area contributed by atoms with Crippen molar-refractivity contribution < 1.29 is 9.31 Å². The van der Waals surface area contributed by atoms with E-state index in [-0.39, 0.29) is 22.9 Å². The number of anilines is 2. The Morgan fingerprint density at radius 3 is 2.82 bits per heavy atom. The molecule has 0 amide bonds. The van der Waals surface area contributed by atoms with Crippen LogP contribution in [-0.4, -0.2) is 25.1 Å².